The molecule has 1 aliphatic rings. The second-order valence-electron chi connectivity index (χ2n) is 5.58. The third-order valence-electron chi connectivity index (χ3n) is 3.92. The smallest absolute Gasteiger partial charge is 0.222 e. The van der Waals surface area contributed by atoms with Gasteiger partial charge in [-0.25, -0.2) is 4.39 Å². The first-order chi connectivity index (χ1) is 10.2. The number of hydrogen-bond donors (Lipinski definition) is 0. The minimum Gasteiger partial charge on any atom is -0.343 e. The summed E-state index contributed by atoms with van der Waals surface area (Å²) in [4.78, 5) is 25.8. The number of carbonyl (C=O) groups excluding carboxylic acids is 2. The summed E-state index contributed by atoms with van der Waals surface area (Å²) in [6.45, 7) is 1.45. The number of amides is 1. The van der Waals surface area contributed by atoms with Gasteiger partial charge in [0.2, 0.25) is 5.91 Å². The molecule has 114 valence electrons. The number of carbonyl (C=O) groups is 2. The van der Waals surface area contributed by atoms with Gasteiger partial charge < -0.3 is 4.90 Å². The maximum absolute atomic E-state index is 12.8. The number of rotatable bonds is 5. The van der Waals surface area contributed by atoms with E-state index in [4.69, 9.17) is 0 Å². The van der Waals surface area contributed by atoms with Crippen LogP contribution in [0.2, 0.25) is 0 Å². The average molecular weight is 291 g/mol. The van der Waals surface area contributed by atoms with Gasteiger partial charge in [-0.3, -0.25) is 9.59 Å². The zero-order valence-corrected chi connectivity index (χ0v) is 12.3. The van der Waals surface area contributed by atoms with Crippen molar-refractivity contribution in [2.45, 2.75) is 44.9 Å². The first-order valence-electron chi connectivity index (χ1n) is 7.73. The van der Waals surface area contributed by atoms with Crippen LogP contribution in [0.5, 0.6) is 0 Å². The van der Waals surface area contributed by atoms with Gasteiger partial charge in [0.15, 0.2) is 5.78 Å². The van der Waals surface area contributed by atoms with Crippen molar-refractivity contribution in [3.05, 3.63) is 35.6 Å². The molecular weight excluding hydrogens is 269 g/mol. The summed E-state index contributed by atoms with van der Waals surface area (Å²) in [5.74, 6) is -0.115. The van der Waals surface area contributed by atoms with Gasteiger partial charge in [-0.15, -0.1) is 0 Å². The van der Waals surface area contributed by atoms with E-state index in [-0.39, 0.29) is 17.5 Å². The summed E-state index contributed by atoms with van der Waals surface area (Å²) in [6, 6.07) is 5.63. The molecular formula is C17H22FNO2. The van der Waals surface area contributed by atoms with E-state index >= 15 is 0 Å². The monoisotopic (exact) mass is 291 g/mol. The summed E-state index contributed by atoms with van der Waals surface area (Å²) in [6.07, 6.45) is 6.05. The zero-order chi connectivity index (χ0) is 15.1. The van der Waals surface area contributed by atoms with E-state index in [1.165, 1.54) is 30.7 Å². The average Bonchev–Trinajstić information content (AvgIpc) is 2.46. The predicted molar refractivity (Wildman–Crippen MR) is 79.6 cm³/mol. The number of hydrogen-bond acceptors (Lipinski definition) is 2. The molecule has 0 spiro atoms. The number of nitrogens with zero attached hydrogens (tertiary/aromatic N) is 1. The molecule has 0 unspecified atom stereocenters. The lowest BCUT2D eigenvalue weighted by molar-refractivity contribution is -0.131. The Bertz CT molecular complexity index is 484. The zero-order valence-electron chi connectivity index (χ0n) is 12.3. The van der Waals surface area contributed by atoms with E-state index in [0.717, 1.165) is 25.8 Å². The van der Waals surface area contributed by atoms with E-state index < -0.39 is 0 Å². The normalized spacial score (nSPS) is 16.4. The third kappa shape index (κ3) is 4.96. The molecule has 1 heterocycles. The van der Waals surface area contributed by atoms with Crippen LogP contribution in [0.15, 0.2) is 24.3 Å². The maximum Gasteiger partial charge on any atom is 0.222 e. The lowest BCUT2D eigenvalue weighted by atomic mass is 10.1. The molecule has 1 aromatic carbocycles. The summed E-state index contributed by atoms with van der Waals surface area (Å²) in [7, 11) is 0. The molecule has 1 aromatic rings. The highest BCUT2D eigenvalue weighted by molar-refractivity contribution is 5.96. The van der Waals surface area contributed by atoms with Crippen LogP contribution >= 0.6 is 0 Å². The van der Waals surface area contributed by atoms with E-state index in [2.05, 4.69) is 0 Å². The molecule has 0 bridgehead atoms. The van der Waals surface area contributed by atoms with Crippen LogP contribution < -0.4 is 0 Å². The van der Waals surface area contributed by atoms with Gasteiger partial charge in [0, 0.05) is 31.5 Å². The summed E-state index contributed by atoms with van der Waals surface area (Å²) in [5.41, 5.74) is 0.537. The van der Waals surface area contributed by atoms with Gasteiger partial charge in [0.1, 0.15) is 5.82 Å². The summed E-state index contributed by atoms with van der Waals surface area (Å²) >= 11 is 0. The van der Waals surface area contributed by atoms with E-state index in [1.807, 2.05) is 4.90 Å². The Hall–Kier alpha value is -1.71. The Labute approximate surface area is 125 Å². The molecule has 0 atom stereocenters. The van der Waals surface area contributed by atoms with Crippen molar-refractivity contribution in [3.8, 4) is 0 Å². The van der Waals surface area contributed by atoms with Crippen molar-refractivity contribution in [1.29, 1.82) is 0 Å². The number of benzene rings is 1. The Kier molecular flexibility index (Phi) is 5.90. The van der Waals surface area contributed by atoms with Crippen LogP contribution in [0.4, 0.5) is 4.39 Å². The Morgan fingerprint density at radius 3 is 2.57 bits per heavy atom. The quantitative estimate of drug-likeness (QED) is 0.778. The molecule has 0 N–H and O–H groups in total. The van der Waals surface area contributed by atoms with Crippen molar-refractivity contribution in [1.82, 2.24) is 4.90 Å². The first kappa shape index (κ1) is 15.7. The molecule has 0 saturated carbocycles. The molecule has 3 nitrogen and oxygen atoms in total. The largest absolute Gasteiger partial charge is 0.343 e. The van der Waals surface area contributed by atoms with Crippen LogP contribution in [0, 0.1) is 5.82 Å². The van der Waals surface area contributed by atoms with Crippen LogP contribution in [0.3, 0.4) is 0 Å². The molecule has 21 heavy (non-hydrogen) atoms. The standard InChI is InChI=1S/C17H22FNO2/c18-15-10-8-14(9-11-15)16(20)6-5-13-19-12-4-2-1-3-7-17(19)21/h8-11H,1-7,12-13H2. The van der Waals surface area contributed by atoms with Crippen molar-refractivity contribution in [3.63, 3.8) is 0 Å². The molecule has 1 saturated heterocycles. The van der Waals surface area contributed by atoms with Gasteiger partial charge in [-0.2, -0.15) is 0 Å². The summed E-state index contributed by atoms with van der Waals surface area (Å²) < 4.78 is 12.8. The minimum atomic E-state index is -0.335. The van der Waals surface area contributed by atoms with Gasteiger partial charge in [0.05, 0.1) is 0 Å². The Morgan fingerprint density at radius 1 is 1.10 bits per heavy atom. The van der Waals surface area contributed by atoms with Crippen LogP contribution in [-0.4, -0.2) is 29.7 Å². The third-order valence-corrected chi connectivity index (χ3v) is 3.92. The molecule has 0 radical (unpaired) electrons. The highest BCUT2D eigenvalue weighted by Crippen LogP contribution is 2.13. The molecule has 1 amide bonds. The minimum absolute atomic E-state index is 0.00879. The van der Waals surface area contributed by atoms with Crippen LogP contribution in [-0.2, 0) is 4.79 Å². The van der Waals surface area contributed by atoms with Crippen LogP contribution in [0.25, 0.3) is 0 Å². The van der Waals surface area contributed by atoms with Gasteiger partial charge >= 0.3 is 0 Å². The Balaban J connectivity index is 1.78. The van der Waals surface area contributed by atoms with E-state index in [1.54, 1.807) is 0 Å². The highest BCUT2D eigenvalue weighted by atomic mass is 19.1. The fourth-order valence-corrected chi connectivity index (χ4v) is 2.66. The van der Waals surface area contributed by atoms with Crippen molar-refractivity contribution < 1.29 is 14.0 Å². The first-order valence-corrected chi connectivity index (χ1v) is 7.73. The highest BCUT2D eigenvalue weighted by Gasteiger charge is 2.15. The van der Waals surface area contributed by atoms with Crippen molar-refractivity contribution in [2.24, 2.45) is 0 Å². The predicted octanol–water partition coefficient (Wildman–Crippen LogP) is 3.58. The molecule has 1 fully saturated rings. The maximum atomic E-state index is 12.8. The lowest BCUT2D eigenvalue weighted by Crippen LogP contribution is -2.33. The summed E-state index contributed by atoms with van der Waals surface area (Å²) in [5, 5.41) is 0. The topological polar surface area (TPSA) is 37.4 Å². The Morgan fingerprint density at radius 2 is 1.81 bits per heavy atom. The van der Waals surface area contributed by atoms with Gasteiger partial charge in [-0.05, 0) is 43.5 Å². The molecule has 2 rings (SSSR count). The van der Waals surface area contributed by atoms with Gasteiger partial charge in [-0.1, -0.05) is 12.8 Å². The van der Waals surface area contributed by atoms with E-state index in [9.17, 15) is 14.0 Å². The second kappa shape index (κ2) is 7.91. The van der Waals surface area contributed by atoms with Crippen molar-refractivity contribution in [2.75, 3.05) is 13.1 Å². The number of Topliss-reactive ketones (excluding diaryl/α,β-unsaturated/α-hetero) is 1. The number of likely N-dealkylation sites (tertiary alicyclic amines) is 1. The molecule has 0 aliphatic carbocycles. The van der Waals surface area contributed by atoms with Crippen molar-refractivity contribution >= 4 is 11.7 Å². The second-order valence-corrected chi connectivity index (χ2v) is 5.58. The molecule has 4 heteroatoms. The number of halogens is 1. The lowest BCUT2D eigenvalue weighted by Gasteiger charge is -2.24. The van der Waals surface area contributed by atoms with Gasteiger partial charge in [0.25, 0.3) is 0 Å². The fourth-order valence-electron chi connectivity index (χ4n) is 2.66. The fraction of sp³-hybridized carbons (Fsp3) is 0.529. The van der Waals surface area contributed by atoms with Crippen LogP contribution in [0.1, 0.15) is 55.3 Å². The SMILES string of the molecule is O=C(CCCN1CCCCCCC1=O)c1ccc(F)cc1. The molecule has 1 aliphatic heterocycles. The molecule has 0 aromatic heterocycles. The number of ketones is 1. The van der Waals surface area contributed by atoms with E-state index in [0.29, 0.717) is 31.4 Å².